The van der Waals surface area contributed by atoms with Gasteiger partial charge in [0, 0.05) is 0 Å². The molecule has 98 valence electrons. The third-order valence-electron chi connectivity index (χ3n) is 2.87. The van der Waals surface area contributed by atoms with Gasteiger partial charge in [-0.1, -0.05) is 18.2 Å². The van der Waals surface area contributed by atoms with Crippen LogP contribution in [0.2, 0.25) is 0 Å². The zero-order valence-corrected chi connectivity index (χ0v) is 9.57. The number of aliphatic hydroxyl groups is 1. The first-order chi connectivity index (χ1) is 8.50. The van der Waals surface area contributed by atoms with Gasteiger partial charge in [-0.05, 0) is 30.0 Å². The van der Waals surface area contributed by atoms with Crippen LogP contribution < -0.4 is 0 Å². The average molecular weight is 258 g/mol. The number of benzene rings is 1. The van der Waals surface area contributed by atoms with Gasteiger partial charge < -0.3 is 9.84 Å². The molecule has 0 saturated carbocycles. The maximum Gasteiger partial charge on any atom is 0.416 e. The number of ether oxygens (including phenoxy) is 1. The van der Waals surface area contributed by atoms with E-state index in [0.717, 1.165) is 6.07 Å². The molecule has 5 heteroatoms. The van der Waals surface area contributed by atoms with Crippen LogP contribution in [-0.4, -0.2) is 11.7 Å². The molecule has 1 aliphatic rings. The standard InChI is InChI=1S/C13H13F3O2/c14-13(15,16)11-6-2-1-5-10(11)12(17)9-4-3-7-18-8-9/h1-2,5-6,8,12,17H,3-4,7H2. The molecule has 0 saturated heterocycles. The predicted octanol–water partition coefficient (Wildman–Crippen LogP) is 3.43. The Morgan fingerprint density at radius 1 is 1.22 bits per heavy atom. The average Bonchev–Trinajstić information content (AvgIpc) is 2.38. The lowest BCUT2D eigenvalue weighted by Gasteiger charge is -2.22. The molecule has 1 atom stereocenters. The molecule has 1 aromatic carbocycles. The molecule has 0 aromatic heterocycles. The summed E-state index contributed by atoms with van der Waals surface area (Å²) in [4.78, 5) is 0. The summed E-state index contributed by atoms with van der Waals surface area (Å²) in [6.45, 7) is 0.539. The third kappa shape index (κ3) is 2.67. The highest BCUT2D eigenvalue weighted by Gasteiger charge is 2.35. The smallest absolute Gasteiger partial charge is 0.416 e. The van der Waals surface area contributed by atoms with E-state index in [2.05, 4.69) is 0 Å². The van der Waals surface area contributed by atoms with E-state index in [1.807, 2.05) is 0 Å². The van der Waals surface area contributed by atoms with Crippen molar-refractivity contribution in [2.75, 3.05) is 6.61 Å². The minimum atomic E-state index is -4.46. The van der Waals surface area contributed by atoms with Crippen molar-refractivity contribution in [1.29, 1.82) is 0 Å². The zero-order chi connectivity index (χ0) is 13.2. The lowest BCUT2D eigenvalue weighted by molar-refractivity contribution is -0.139. The Balaban J connectivity index is 2.35. The van der Waals surface area contributed by atoms with Crippen molar-refractivity contribution in [3.8, 4) is 0 Å². The van der Waals surface area contributed by atoms with Crippen LogP contribution in [0.4, 0.5) is 13.2 Å². The number of halogens is 3. The first-order valence-corrected chi connectivity index (χ1v) is 5.65. The molecule has 2 nitrogen and oxygen atoms in total. The van der Waals surface area contributed by atoms with Crippen molar-refractivity contribution >= 4 is 0 Å². The number of rotatable bonds is 2. The van der Waals surface area contributed by atoms with Gasteiger partial charge in [0.05, 0.1) is 18.4 Å². The number of alkyl halides is 3. The van der Waals surface area contributed by atoms with E-state index < -0.39 is 17.8 Å². The molecule has 0 aliphatic carbocycles. The molecule has 1 aliphatic heterocycles. The summed E-state index contributed by atoms with van der Waals surface area (Å²) in [5.74, 6) is 0. The quantitative estimate of drug-likeness (QED) is 0.880. The van der Waals surface area contributed by atoms with Crippen LogP contribution in [0.25, 0.3) is 0 Å². The fourth-order valence-corrected chi connectivity index (χ4v) is 1.98. The van der Waals surface area contributed by atoms with Gasteiger partial charge in [-0.2, -0.15) is 13.2 Å². The Labute approximate surface area is 103 Å². The maximum atomic E-state index is 12.8. The Bertz CT molecular complexity index is 452. The van der Waals surface area contributed by atoms with E-state index >= 15 is 0 Å². The van der Waals surface area contributed by atoms with Crippen LogP contribution in [0, 0.1) is 0 Å². The first kappa shape index (κ1) is 13.0. The lowest BCUT2D eigenvalue weighted by atomic mass is 9.94. The molecule has 1 aromatic rings. The lowest BCUT2D eigenvalue weighted by Crippen LogP contribution is -2.14. The van der Waals surface area contributed by atoms with Gasteiger partial charge in [0.1, 0.15) is 6.10 Å². The second kappa shape index (κ2) is 5.02. The largest absolute Gasteiger partial charge is 0.501 e. The van der Waals surface area contributed by atoms with Gasteiger partial charge in [0.15, 0.2) is 0 Å². The van der Waals surface area contributed by atoms with Crippen LogP contribution >= 0.6 is 0 Å². The van der Waals surface area contributed by atoms with Gasteiger partial charge in [-0.25, -0.2) is 0 Å². The van der Waals surface area contributed by atoms with Crippen LogP contribution in [0.5, 0.6) is 0 Å². The molecule has 0 amide bonds. The van der Waals surface area contributed by atoms with Crippen molar-refractivity contribution in [3.05, 3.63) is 47.2 Å². The van der Waals surface area contributed by atoms with E-state index in [0.29, 0.717) is 25.0 Å². The molecule has 0 bridgehead atoms. The van der Waals surface area contributed by atoms with Crippen LogP contribution in [-0.2, 0) is 10.9 Å². The monoisotopic (exact) mass is 258 g/mol. The van der Waals surface area contributed by atoms with Crippen LogP contribution in [0.15, 0.2) is 36.1 Å². The summed E-state index contributed by atoms with van der Waals surface area (Å²) >= 11 is 0. The van der Waals surface area contributed by atoms with Crippen molar-refractivity contribution in [2.24, 2.45) is 0 Å². The molecule has 0 spiro atoms. The van der Waals surface area contributed by atoms with Gasteiger partial charge in [-0.15, -0.1) is 0 Å². The Morgan fingerprint density at radius 3 is 2.56 bits per heavy atom. The van der Waals surface area contributed by atoms with Gasteiger partial charge >= 0.3 is 6.18 Å². The Morgan fingerprint density at radius 2 is 1.94 bits per heavy atom. The molecule has 18 heavy (non-hydrogen) atoms. The summed E-state index contributed by atoms with van der Waals surface area (Å²) < 4.78 is 43.5. The predicted molar refractivity (Wildman–Crippen MR) is 59.7 cm³/mol. The number of hydrogen-bond donors (Lipinski definition) is 1. The van der Waals surface area contributed by atoms with E-state index in [1.165, 1.54) is 24.5 Å². The van der Waals surface area contributed by atoms with Crippen molar-refractivity contribution in [1.82, 2.24) is 0 Å². The van der Waals surface area contributed by atoms with Crippen molar-refractivity contribution < 1.29 is 23.0 Å². The minimum absolute atomic E-state index is 0.123. The van der Waals surface area contributed by atoms with Crippen LogP contribution in [0.3, 0.4) is 0 Å². The topological polar surface area (TPSA) is 29.5 Å². The van der Waals surface area contributed by atoms with Crippen LogP contribution in [0.1, 0.15) is 30.1 Å². The van der Waals surface area contributed by atoms with Crippen molar-refractivity contribution in [2.45, 2.75) is 25.1 Å². The molecular weight excluding hydrogens is 245 g/mol. The summed E-state index contributed by atoms with van der Waals surface area (Å²) in [5.41, 5.74) is -0.441. The van der Waals surface area contributed by atoms with Crippen molar-refractivity contribution in [3.63, 3.8) is 0 Å². The van der Waals surface area contributed by atoms with Gasteiger partial charge in [-0.3, -0.25) is 0 Å². The maximum absolute atomic E-state index is 12.8. The highest BCUT2D eigenvalue weighted by Crippen LogP contribution is 2.37. The first-order valence-electron chi connectivity index (χ1n) is 5.65. The fourth-order valence-electron chi connectivity index (χ4n) is 1.98. The third-order valence-corrected chi connectivity index (χ3v) is 2.87. The molecule has 1 heterocycles. The second-order valence-electron chi connectivity index (χ2n) is 4.15. The SMILES string of the molecule is OC(C1=COCCC1)c1ccccc1C(F)(F)F. The molecule has 0 radical (unpaired) electrons. The van der Waals surface area contributed by atoms with Gasteiger partial charge in [0.2, 0.25) is 0 Å². The molecule has 1 N–H and O–H groups in total. The van der Waals surface area contributed by atoms with E-state index in [9.17, 15) is 18.3 Å². The summed E-state index contributed by atoms with van der Waals surface area (Å²) in [5, 5.41) is 10.0. The summed E-state index contributed by atoms with van der Waals surface area (Å²) in [7, 11) is 0. The highest BCUT2D eigenvalue weighted by atomic mass is 19.4. The van der Waals surface area contributed by atoms with Gasteiger partial charge in [0.25, 0.3) is 0 Å². The second-order valence-corrected chi connectivity index (χ2v) is 4.15. The summed E-state index contributed by atoms with van der Waals surface area (Å²) in [6.07, 6.45) is -3.11. The highest BCUT2D eigenvalue weighted by molar-refractivity contribution is 5.35. The zero-order valence-electron chi connectivity index (χ0n) is 9.57. The molecule has 0 fully saturated rings. The Hall–Kier alpha value is -1.49. The van der Waals surface area contributed by atoms with E-state index in [-0.39, 0.29) is 5.56 Å². The summed E-state index contributed by atoms with van der Waals surface area (Å²) in [6, 6.07) is 5.06. The molecule has 1 unspecified atom stereocenters. The number of hydrogen-bond acceptors (Lipinski definition) is 2. The minimum Gasteiger partial charge on any atom is -0.501 e. The molecular formula is C13H13F3O2. The van der Waals surface area contributed by atoms with E-state index in [1.54, 1.807) is 0 Å². The molecule has 2 rings (SSSR count). The fraction of sp³-hybridized carbons (Fsp3) is 0.385. The Kier molecular flexibility index (Phi) is 3.61. The number of aliphatic hydroxyl groups excluding tert-OH is 1. The van der Waals surface area contributed by atoms with E-state index in [4.69, 9.17) is 4.74 Å². The normalized spacial score (nSPS) is 17.9.